The Balaban J connectivity index is 1.39. The van der Waals surface area contributed by atoms with Gasteiger partial charge in [-0.25, -0.2) is 4.98 Å². The van der Waals surface area contributed by atoms with Crippen LogP contribution in [0.25, 0.3) is 21.9 Å². The SMILES string of the molecule is C[C@@H](NC(=O)CCc1c[nH]c2ccccc12)c1nc2ccccc2[nH]1. The highest BCUT2D eigenvalue weighted by Gasteiger charge is 2.14. The topological polar surface area (TPSA) is 73.6 Å². The average molecular weight is 332 g/mol. The molecule has 5 heteroatoms. The second-order valence-corrected chi connectivity index (χ2v) is 6.29. The van der Waals surface area contributed by atoms with Crippen LogP contribution < -0.4 is 5.32 Å². The van der Waals surface area contributed by atoms with E-state index in [9.17, 15) is 4.79 Å². The number of carbonyl (C=O) groups excluding carboxylic acids is 1. The van der Waals surface area contributed by atoms with Crippen LogP contribution in [0.5, 0.6) is 0 Å². The molecule has 4 aromatic rings. The molecule has 0 fully saturated rings. The van der Waals surface area contributed by atoms with Crippen LogP contribution in [0.4, 0.5) is 0 Å². The molecule has 0 aliphatic rings. The number of aromatic nitrogens is 3. The van der Waals surface area contributed by atoms with Crippen molar-refractivity contribution in [2.75, 3.05) is 0 Å². The van der Waals surface area contributed by atoms with Gasteiger partial charge in [0.2, 0.25) is 5.91 Å². The van der Waals surface area contributed by atoms with Gasteiger partial charge in [0, 0.05) is 23.5 Å². The van der Waals surface area contributed by atoms with Gasteiger partial charge < -0.3 is 15.3 Å². The van der Waals surface area contributed by atoms with E-state index < -0.39 is 0 Å². The van der Waals surface area contributed by atoms with Gasteiger partial charge in [-0.15, -0.1) is 0 Å². The molecular weight excluding hydrogens is 312 g/mol. The maximum Gasteiger partial charge on any atom is 0.220 e. The number of hydrogen-bond acceptors (Lipinski definition) is 2. The van der Waals surface area contributed by atoms with Crippen LogP contribution >= 0.6 is 0 Å². The number of H-pyrrole nitrogens is 2. The number of carbonyl (C=O) groups is 1. The number of nitrogens with zero attached hydrogens (tertiary/aromatic N) is 1. The fourth-order valence-corrected chi connectivity index (χ4v) is 3.15. The molecule has 25 heavy (non-hydrogen) atoms. The second kappa shape index (κ2) is 6.43. The van der Waals surface area contributed by atoms with Crippen molar-refractivity contribution in [1.82, 2.24) is 20.3 Å². The predicted molar refractivity (Wildman–Crippen MR) is 99.3 cm³/mol. The first kappa shape index (κ1) is 15.4. The number of para-hydroxylation sites is 3. The smallest absolute Gasteiger partial charge is 0.220 e. The Hall–Kier alpha value is -3.08. The molecule has 0 aliphatic heterocycles. The Morgan fingerprint density at radius 1 is 1.12 bits per heavy atom. The summed E-state index contributed by atoms with van der Waals surface area (Å²) < 4.78 is 0. The van der Waals surface area contributed by atoms with E-state index in [4.69, 9.17) is 0 Å². The maximum atomic E-state index is 12.3. The minimum absolute atomic E-state index is 0.0261. The Kier molecular flexibility index (Phi) is 3.98. The molecule has 0 saturated heterocycles. The molecule has 0 bridgehead atoms. The summed E-state index contributed by atoms with van der Waals surface area (Å²) in [5.74, 6) is 0.805. The monoisotopic (exact) mass is 332 g/mol. The molecule has 3 N–H and O–H groups in total. The van der Waals surface area contributed by atoms with Crippen LogP contribution in [0.15, 0.2) is 54.7 Å². The highest BCUT2D eigenvalue weighted by Crippen LogP contribution is 2.19. The summed E-state index contributed by atoms with van der Waals surface area (Å²) in [6.45, 7) is 1.95. The first-order valence-corrected chi connectivity index (χ1v) is 8.50. The fraction of sp³-hybridized carbons (Fsp3) is 0.200. The van der Waals surface area contributed by atoms with Crippen molar-refractivity contribution in [2.24, 2.45) is 0 Å². The lowest BCUT2D eigenvalue weighted by Gasteiger charge is -2.11. The number of aromatic amines is 2. The van der Waals surface area contributed by atoms with Gasteiger partial charge in [-0.3, -0.25) is 4.79 Å². The molecule has 0 spiro atoms. The van der Waals surface area contributed by atoms with Crippen molar-refractivity contribution in [3.05, 3.63) is 66.1 Å². The average Bonchev–Trinajstić information content (AvgIpc) is 3.24. The summed E-state index contributed by atoms with van der Waals surface area (Å²) in [6.07, 6.45) is 3.15. The van der Waals surface area contributed by atoms with Gasteiger partial charge in [0.15, 0.2) is 0 Å². The maximum absolute atomic E-state index is 12.3. The molecule has 5 nitrogen and oxygen atoms in total. The van der Waals surface area contributed by atoms with Gasteiger partial charge in [-0.2, -0.15) is 0 Å². The van der Waals surface area contributed by atoms with E-state index in [0.717, 1.165) is 22.4 Å². The second-order valence-electron chi connectivity index (χ2n) is 6.29. The molecule has 2 aromatic carbocycles. The Morgan fingerprint density at radius 2 is 1.88 bits per heavy atom. The quantitative estimate of drug-likeness (QED) is 0.519. The first-order valence-electron chi connectivity index (χ1n) is 8.50. The molecule has 126 valence electrons. The largest absolute Gasteiger partial charge is 0.361 e. The van der Waals surface area contributed by atoms with Gasteiger partial charge in [0.05, 0.1) is 17.1 Å². The number of hydrogen-bond donors (Lipinski definition) is 3. The highest BCUT2D eigenvalue weighted by atomic mass is 16.1. The Labute approximate surface area is 145 Å². The van der Waals surface area contributed by atoms with E-state index in [2.05, 4.69) is 26.3 Å². The van der Waals surface area contributed by atoms with Gasteiger partial charge in [0.25, 0.3) is 0 Å². The molecule has 0 radical (unpaired) electrons. The Morgan fingerprint density at radius 3 is 2.72 bits per heavy atom. The van der Waals surface area contributed by atoms with Crippen molar-refractivity contribution in [2.45, 2.75) is 25.8 Å². The first-order chi connectivity index (χ1) is 12.2. The van der Waals surface area contributed by atoms with E-state index in [1.807, 2.05) is 55.6 Å². The normalized spacial score (nSPS) is 12.5. The minimum Gasteiger partial charge on any atom is -0.361 e. The zero-order chi connectivity index (χ0) is 17.2. The minimum atomic E-state index is -0.150. The van der Waals surface area contributed by atoms with E-state index >= 15 is 0 Å². The van der Waals surface area contributed by atoms with Crippen LogP contribution in [0.2, 0.25) is 0 Å². The molecule has 1 amide bonds. The van der Waals surface area contributed by atoms with Crippen LogP contribution in [-0.2, 0) is 11.2 Å². The summed E-state index contributed by atoms with van der Waals surface area (Å²) >= 11 is 0. The molecule has 0 aliphatic carbocycles. The summed E-state index contributed by atoms with van der Waals surface area (Å²) in [4.78, 5) is 23.4. The van der Waals surface area contributed by atoms with Gasteiger partial charge in [-0.05, 0) is 37.1 Å². The molecule has 0 unspecified atom stereocenters. The van der Waals surface area contributed by atoms with Crippen LogP contribution in [-0.4, -0.2) is 20.9 Å². The van der Waals surface area contributed by atoms with E-state index in [1.54, 1.807) is 0 Å². The number of fused-ring (bicyclic) bond motifs is 2. The van der Waals surface area contributed by atoms with Crippen LogP contribution in [0.1, 0.15) is 30.8 Å². The zero-order valence-corrected chi connectivity index (χ0v) is 14.0. The third-order valence-electron chi connectivity index (χ3n) is 4.49. The summed E-state index contributed by atoms with van der Waals surface area (Å²) in [6, 6.07) is 15.9. The Bertz CT molecular complexity index is 997. The predicted octanol–water partition coefficient (Wildman–Crippen LogP) is 3.85. The summed E-state index contributed by atoms with van der Waals surface area (Å²) in [5, 5.41) is 4.21. The molecule has 1 atom stereocenters. The lowest BCUT2D eigenvalue weighted by molar-refractivity contribution is -0.121. The number of rotatable bonds is 5. The van der Waals surface area contributed by atoms with Gasteiger partial charge in [0.1, 0.15) is 5.82 Å². The number of imidazole rings is 1. The standard InChI is InChI=1S/C20H20N4O/c1-13(20-23-17-8-4-5-9-18(17)24-20)22-19(25)11-10-14-12-21-16-7-3-2-6-15(14)16/h2-9,12-13,21H,10-11H2,1H3,(H,22,25)(H,23,24)/t13-/m1/s1. The van der Waals surface area contributed by atoms with E-state index in [0.29, 0.717) is 12.8 Å². The number of nitrogens with one attached hydrogen (secondary N) is 3. The van der Waals surface area contributed by atoms with Crippen molar-refractivity contribution in [1.29, 1.82) is 0 Å². The fourth-order valence-electron chi connectivity index (χ4n) is 3.15. The van der Waals surface area contributed by atoms with Crippen LogP contribution in [0, 0.1) is 0 Å². The number of benzene rings is 2. The van der Waals surface area contributed by atoms with Crippen molar-refractivity contribution in [3.63, 3.8) is 0 Å². The molecule has 2 aromatic heterocycles. The lowest BCUT2D eigenvalue weighted by atomic mass is 10.1. The zero-order valence-electron chi connectivity index (χ0n) is 14.0. The van der Waals surface area contributed by atoms with Gasteiger partial charge >= 0.3 is 0 Å². The number of aryl methyl sites for hydroxylation is 1. The molecule has 0 saturated carbocycles. The highest BCUT2D eigenvalue weighted by molar-refractivity contribution is 5.84. The molecule has 2 heterocycles. The van der Waals surface area contributed by atoms with Crippen molar-refractivity contribution < 1.29 is 4.79 Å². The third kappa shape index (κ3) is 3.13. The molecule has 4 rings (SSSR count). The molecular formula is C20H20N4O. The van der Waals surface area contributed by atoms with E-state index in [-0.39, 0.29) is 11.9 Å². The third-order valence-corrected chi connectivity index (χ3v) is 4.49. The van der Waals surface area contributed by atoms with Crippen LogP contribution in [0.3, 0.4) is 0 Å². The summed E-state index contributed by atoms with van der Waals surface area (Å²) in [7, 11) is 0. The van der Waals surface area contributed by atoms with Gasteiger partial charge in [-0.1, -0.05) is 30.3 Å². The van der Waals surface area contributed by atoms with Crippen molar-refractivity contribution >= 4 is 27.8 Å². The van der Waals surface area contributed by atoms with Crippen molar-refractivity contribution in [3.8, 4) is 0 Å². The lowest BCUT2D eigenvalue weighted by Crippen LogP contribution is -2.27. The van der Waals surface area contributed by atoms with E-state index in [1.165, 1.54) is 10.9 Å². The number of amides is 1. The summed E-state index contributed by atoms with van der Waals surface area (Å²) in [5.41, 5.74) is 4.17.